The molecular formula is C22H28N6O3. The fourth-order valence-electron chi connectivity index (χ4n) is 3.54. The Kier molecular flexibility index (Phi) is 5.77. The average molecular weight is 425 g/mol. The van der Waals surface area contributed by atoms with Crippen molar-refractivity contribution in [3.05, 3.63) is 47.9 Å². The number of aryl methyl sites for hydroxylation is 1. The SMILES string of the molecule is Cn1ncc2ccc(COc3nccc(C4CNCCN4C(=O)OC(C)(C)C)n3)cc21. The van der Waals surface area contributed by atoms with E-state index in [1.807, 2.05) is 63.0 Å². The minimum Gasteiger partial charge on any atom is -0.459 e. The summed E-state index contributed by atoms with van der Waals surface area (Å²) in [5.74, 6) is 0. The third-order valence-corrected chi connectivity index (χ3v) is 5.05. The van der Waals surface area contributed by atoms with Gasteiger partial charge in [0.15, 0.2) is 0 Å². The van der Waals surface area contributed by atoms with Crippen LogP contribution >= 0.6 is 0 Å². The smallest absolute Gasteiger partial charge is 0.410 e. The molecule has 1 unspecified atom stereocenters. The summed E-state index contributed by atoms with van der Waals surface area (Å²) in [7, 11) is 1.91. The molecule has 1 fully saturated rings. The number of fused-ring (bicyclic) bond motifs is 1. The van der Waals surface area contributed by atoms with E-state index < -0.39 is 5.60 Å². The van der Waals surface area contributed by atoms with Crippen molar-refractivity contribution in [3.8, 4) is 6.01 Å². The zero-order chi connectivity index (χ0) is 22.0. The topological polar surface area (TPSA) is 94.4 Å². The number of amides is 1. The normalized spacial score (nSPS) is 17.0. The van der Waals surface area contributed by atoms with Crippen molar-refractivity contribution in [2.24, 2.45) is 7.05 Å². The van der Waals surface area contributed by atoms with Crippen LogP contribution in [-0.4, -0.2) is 56.0 Å². The summed E-state index contributed by atoms with van der Waals surface area (Å²) in [6, 6.07) is 7.90. The van der Waals surface area contributed by atoms with E-state index in [4.69, 9.17) is 9.47 Å². The lowest BCUT2D eigenvalue weighted by molar-refractivity contribution is 0.0112. The number of hydrogen-bond acceptors (Lipinski definition) is 7. The first-order chi connectivity index (χ1) is 14.8. The van der Waals surface area contributed by atoms with Gasteiger partial charge in [0.2, 0.25) is 0 Å². The van der Waals surface area contributed by atoms with Crippen molar-refractivity contribution in [2.75, 3.05) is 19.6 Å². The van der Waals surface area contributed by atoms with Gasteiger partial charge in [-0.2, -0.15) is 10.1 Å². The van der Waals surface area contributed by atoms with Crippen molar-refractivity contribution >= 4 is 17.0 Å². The molecule has 0 radical (unpaired) electrons. The van der Waals surface area contributed by atoms with Crippen molar-refractivity contribution in [1.82, 2.24) is 30.0 Å². The van der Waals surface area contributed by atoms with Crippen LogP contribution in [0.3, 0.4) is 0 Å². The Balaban J connectivity index is 1.48. The lowest BCUT2D eigenvalue weighted by Crippen LogP contribution is -2.50. The fraction of sp³-hybridized carbons (Fsp3) is 0.455. The number of benzene rings is 1. The molecule has 1 aromatic carbocycles. The molecule has 31 heavy (non-hydrogen) atoms. The van der Waals surface area contributed by atoms with Gasteiger partial charge in [-0.25, -0.2) is 9.78 Å². The predicted molar refractivity (Wildman–Crippen MR) is 116 cm³/mol. The summed E-state index contributed by atoms with van der Waals surface area (Å²) >= 11 is 0. The van der Waals surface area contributed by atoms with Crippen LogP contribution in [0.5, 0.6) is 6.01 Å². The number of rotatable bonds is 4. The molecule has 1 atom stereocenters. The molecule has 164 valence electrons. The minimum atomic E-state index is -0.554. The van der Waals surface area contributed by atoms with E-state index in [1.165, 1.54) is 0 Å². The molecule has 0 saturated carbocycles. The molecule has 1 N–H and O–H groups in total. The van der Waals surface area contributed by atoms with Crippen LogP contribution < -0.4 is 10.1 Å². The number of hydrogen-bond donors (Lipinski definition) is 1. The van der Waals surface area contributed by atoms with Crippen LogP contribution in [0.15, 0.2) is 36.7 Å². The van der Waals surface area contributed by atoms with Crippen molar-refractivity contribution in [3.63, 3.8) is 0 Å². The number of carbonyl (C=O) groups excluding carboxylic acids is 1. The van der Waals surface area contributed by atoms with Crippen LogP contribution in [-0.2, 0) is 18.4 Å². The Bertz CT molecular complexity index is 1070. The minimum absolute atomic E-state index is 0.250. The number of piperazine rings is 1. The Hall–Kier alpha value is -3.20. The van der Waals surface area contributed by atoms with Crippen LogP contribution in [0, 0.1) is 0 Å². The zero-order valence-corrected chi connectivity index (χ0v) is 18.3. The first-order valence-corrected chi connectivity index (χ1v) is 10.4. The predicted octanol–water partition coefficient (Wildman–Crippen LogP) is 2.82. The Morgan fingerprint density at radius 2 is 2.13 bits per heavy atom. The molecule has 3 heterocycles. The van der Waals surface area contributed by atoms with Crippen molar-refractivity contribution < 1.29 is 14.3 Å². The molecule has 0 bridgehead atoms. The van der Waals surface area contributed by atoms with Gasteiger partial charge < -0.3 is 14.8 Å². The molecule has 9 nitrogen and oxygen atoms in total. The standard InChI is InChI=1S/C22H28N6O3/c1-22(2,3)31-21(29)28-10-9-23-13-19(28)17-7-8-24-20(26-17)30-14-15-5-6-16-12-25-27(4)18(16)11-15/h5-8,11-12,19,23H,9-10,13-14H2,1-4H3. The molecule has 1 saturated heterocycles. The number of nitrogens with zero attached hydrogens (tertiary/aromatic N) is 5. The van der Waals surface area contributed by atoms with E-state index in [0.29, 0.717) is 31.9 Å². The van der Waals surface area contributed by atoms with Crippen molar-refractivity contribution in [2.45, 2.75) is 39.0 Å². The maximum absolute atomic E-state index is 12.7. The van der Waals surface area contributed by atoms with Crippen LogP contribution in [0.25, 0.3) is 10.9 Å². The molecule has 3 aromatic rings. The number of aromatic nitrogens is 4. The second-order valence-corrected chi connectivity index (χ2v) is 8.61. The molecule has 9 heteroatoms. The van der Waals surface area contributed by atoms with E-state index in [1.54, 1.807) is 11.1 Å². The largest absolute Gasteiger partial charge is 0.459 e. The molecule has 1 amide bonds. The summed E-state index contributed by atoms with van der Waals surface area (Å²) in [6.45, 7) is 7.77. The zero-order valence-electron chi connectivity index (χ0n) is 18.3. The van der Waals surface area contributed by atoms with Gasteiger partial charge in [-0.05, 0) is 38.5 Å². The van der Waals surface area contributed by atoms with Gasteiger partial charge in [0.1, 0.15) is 12.2 Å². The molecule has 0 spiro atoms. The quantitative estimate of drug-likeness (QED) is 0.688. The highest BCUT2D eigenvalue weighted by Gasteiger charge is 2.32. The number of ether oxygens (including phenoxy) is 2. The van der Waals surface area contributed by atoms with Crippen LogP contribution in [0.4, 0.5) is 4.79 Å². The highest BCUT2D eigenvalue weighted by molar-refractivity contribution is 5.79. The highest BCUT2D eigenvalue weighted by atomic mass is 16.6. The van der Waals surface area contributed by atoms with E-state index in [0.717, 1.165) is 16.5 Å². The van der Waals surface area contributed by atoms with Crippen LogP contribution in [0.1, 0.15) is 38.1 Å². The Morgan fingerprint density at radius 3 is 2.94 bits per heavy atom. The van der Waals surface area contributed by atoms with Gasteiger partial charge >= 0.3 is 12.1 Å². The van der Waals surface area contributed by atoms with Crippen molar-refractivity contribution in [1.29, 1.82) is 0 Å². The molecule has 0 aliphatic carbocycles. The van der Waals surface area contributed by atoms with Gasteiger partial charge in [-0.3, -0.25) is 9.58 Å². The Morgan fingerprint density at radius 1 is 1.29 bits per heavy atom. The van der Waals surface area contributed by atoms with Gasteiger partial charge in [0, 0.05) is 38.3 Å². The summed E-state index contributed by atoms with van der Waals surface area (Å²) in [5.41, 5.74) is 2.20. The van der Waals surface area contributed by atoms with E-state index in [9.17, 15) is 4.79 Å². The number of nitrogens with one attached hydrogen (secondary N) is 1. The summed E-state index contributed by atoms with van der Waals surface area (Å²) < 4.78 is 13.3. The monoisotopic (exact) mass is 424 g/mol. The third-order valence-electron chi connectivity index (χ3n) is 5.05. The van der Waals surface area contributed by atoms with Crippen LogP contribution in [0.2, 0.25) is 0 Å². The third kappa shape index (κ3) is 4.93. The lowest BCUT2D eigenvalue weighted by atomic mass is 10.1. The molecule has 2 aromatic heterocycles. The summed E-state index contributed by atoms with van der Waals surface area (Å²) in [6.07, 6.45) is 3.15. The average Bonchev–Trinajstić information content (AvgIpc) is 3.11. The number of carbonyl (C=O) groups is 1. The molecule has 1 aliphatic heterocycles. The van der Waals surface area contributed by atoms with Gasteiger partial charge in [0.05, 0.1) is 23.4 Å². The summed E-state index contributed by atoms with van der Waals surface area (Å²) in [4.78, 5) is 23.2. The van der Waals surface area contributed by atoms with E-state index in [2.05, 4.69) is 20.4 Å². The van der Waals surface area contributed by atoms with Gasteiger partial charge in [-0.1, -0.05) is 12.1 Å². The maximum Gasteiger partial charge on any atom is 0.410 e. The van der Waals surface area contributed by atoms with Gasteiger partial charge in [-0.15, -0.1) is 0 Å². The summed E-state index contributed by atoms with van der Waals surface area (Å²) in [5, 5.41) is 8.66. The second kappa shape index (κ2) is 8.50. The molecule has 4 rings (SSSR count). The maximum atomic E-state index is 12.7. The second-order valence-electron chi connectivity index (χ2n) is 8.61. The van der Waals surface area contributed by atoms with E-state index in [-0.39, 0.29) is 18.1 Å². The lowest BCUT2D eigenvalue weighted by Gasteiger charge is -2.36. The highest BCUT2D eigenvalue weighted by Crippen LogP contribution is 2.24. The van der Waals surface area contributed by atoms with Gasteiger partial charge in [0.25, 0.3) is 0 Å². The first-order valence-electron chi connectivity index (χ1n) is 10.4. The molecular weight excluding hydrogens is 396 g/mol. The van der Waals surface area contributed by atoms with E-state index >= 15 is 0 Å². The first kappa shape index (κ1) is 21.0. The Labute approximate surface area is 181 Å². The molecule has 1 aliphatic rings. The fourth-order valence-corrected chi connectivity index (χ4v) is 3.54.